The van der Waals surface area contributed by atoms with Gasteiger partial charge in [-0.05, 0) is 44.9 Å². The average Bonchev–Trinajstić information content (AvgIpc) is 3.22. The number of carbonyl (C=O) groups is 1. The molecule has 1 aliphatic heterocycles. The first-order valence-corrected chi connectivity index (χ1v) is 10.6. The minimum atomic E-state index is 0.106. The van der Waals surface area contributed by atoms with Gasteiger partial charge in [-0.25, -0.2) is 0 Å². The fourth-order valence-electron chi connectivity index (χ4n) is 4.46. The van der Waals surface area contributed by atoms with Crippen LogP contribution in [-0.4, -0.2) is 69.9 Å². The van der Waals surface area contributed by atoms with Crippen LogP contribution in [-0.2, 0) is 4.79 Å². The number of likely N-dealkylation sites (N-methyl/N-ethyl adjacent to an activating group) is 1. The van der Waals surface area contributed by atoms with Gasteiger partial charge in [-0.3, -0.25) is 4.79 Å². The second kappa shape index (κ2) is 8.86. The summed E-state index contributed by atoms with van der Waals surface area (Å²) in [6, 6.07) is 4.60. The summed E-state index contributed by atoms with van der Waals surface area (Å²) in [7, 11) is 2.19. The number of amides is 1. The van der Waals surface area contributed by atoms with Crippen LogP contribution in [0.4, 0.5) is 5.82 Å². The van der Waals surface area contributed by atoms with E-state index in [2.05, 4.69) is 37.5 Å². The Balaban J connectivity index is 1.20. The van der Waals surface area contributed by atoms with Gasteiger partial charge in [0, 0.05) is 38.1 Å². The SMILES string of the molecule is CN(CCNC(=O)C1CCN(c2ccc3nncn3n2)CC1)C1CCCCC1. The lowest BCUT2D eigenvalue weighted by molar-refractivity contribution is -0.125. The molecule has 1 saturated heterocycles. The largest absolute Gasteiger partial charge is 0.355 e. The number of rotatable bonds is 6. The molecule has 8 heteroatoms. The summed E-state index contributed by atoms with van der Waals surface area (Å²) in [6.07, 6.45) is 10.0. The average molecular weight is 386 g/mol. The van der Waals surface area contributed by atoms with Crippen LogP contribution in [0.25, 0.3) is 5.65 Å². The molecule has 0 unspecified atom stereocenters. The Labute approximate surface area is 166 Å². The highest BCUT2D eigenvalue weighted by Crippen LogP contribution is 2.23. The number of fused-ring (bicyclic) bond motifs is 1. The zero-order valence-electron chi connectivity index (χ0n) is 16.8. The van der Waals surface area contributed by atoms with Crippen molar-refractivity contribution < 1.29 is 4.79 Å². The minimum Gasteiger partial charge on any atom is -0.355 e. The molecule has 2 aromatic heterocycles. The van der Waals surface area contributed by atoms with Crippen LogP contribution in [0.1, 0.15) is 44.9 Å². The second-order valence-corrected chi connectivity index (χ2v) is 8.15. The molecule has 0 radical (unpaired) electrons. The molecule has 152 valence electrons. The van der Waals surface area contributed by atoms with Crippen LogP contribution >= 0.6 is 0 Å². The van der Waals surface area contributed by atoms with Crippen LogP contribution < -0.4 is 10.2 Å². The molecule has 1 aliphatic carbocycles. The van der Waals surface area contributed by atoms with Gasteiger partial charge in [0.25, 0.3) is 0 Å². The third-order valence-corrected chi connectivity index (χ3v) is 6.30. The molecule has 1 saturated carbocycles. The quantitative estimate of drug-likeness (QED) is 0.816. The van der Waals surface area contributed by atoms with E-state index in [4.69, 9.17) is 0 Å². The summed E-state index contributed by atoms with van der Waals surface area (Å²) in [5.74, 6) is 1.23. The Hall–Kier alpha value is -2.22. The van der Waals surface area contributed by atoms with Crippen LogP contribution in [0.2, 0.25) is 0 Å². The topological polar surface area (TPSA) is 78.7 Å². The Bertz CT molecular complexity index is 778. The zero-order chi connectivity index (χ0) is 19.3. The molecule has 28 heavy (non-hydrogen) atoms. The molecule has 2 aliphatic rings. The van der Waals surface area contributed by atoms with Gasteiger partial charge in [-0.15, -0.1) is 15.3 Å². The van der Waals surface area contributed by atoms with E-state index in [0.717, 1.165) is 50.5 Å². The molecule has 3 heterocycles. The van der Waals surface area contributed by atoms with Crippen molar-refractivity contribution in [2.75, 3.05) is 38.1 Å². The van der Waals surface area contributed by atoms with Gasteiger partial charge >= 0.3 is 0 Å². The first kappa shape index (κ1) is 19.1. The second-order valence-electron chi connectivity index (χ2n) is 8.15. The Morgan fingerprint density at radius 1 is 1.18 bits per heavy atom. The van der Waals surface area contributed by atoms with Crippen molar-refractivity contribution in [2.45, 2.75) is 51.0 Å². The summed E-state index contributed by atoms with van der Waals surface area (Å²) >= 11 is 0. The molecule has 1 N–H and O–H groups in total. The van der Waals surface area contributed by atoms with E-state index in [1.54, 1.807) is 10.8 Å². The van der Waals surface area contributed by atoms with E-state index >= 15 is 0 Å². The number of piperidine rings is 1. The highest BCUT2D eigenvalue weighted by atomic mass is 16.1. The Kier molecular flexibility index (Phi) is 6.04. The fourth-order valence-corrected chi connectivity index (χ4v) is 4.46. The Morgan fingerprint density at radius 3 is 2.75 bits per heavy atom. The van der Waals surface area contributed by atoms with Crippen LogP contribution in [0.5, 0.6) is 0 Å². The predicted molar refractivity (Wildman–Crippen MR) is 108 cm³/mol. The molecule has 0 aromatic carbocycles. The summed E-state index contributed by atoms with van der Waals surface area (Å²) in [4.78, 5) is 17.2. The minimum absolute atomic E-state index is 0.106. The lowest BCUT2D eigenvalue weighted by Gasteiger charge is -2.33. The predicted octanol–water partition coefficient (Wildman–Crippen LogP) is 1.72. The van der Waals surface area contributed by atoms with Gasteiger partial charge in [0.1, 0.15) is 12.1 Å². The van der Waals surface area contributed by atoms with E-state index in [1.807, 2.05) is 12.1 Å². The van der Waals surface area contributed by atoms with E-state index in [0.29, 0.717) is 6.04 Å². The maximum atomic E-state index is 12.6. The lowest BCUT2D eigenvalue weighted by Crippen LogP contribution is -2.44. The number of nitrogens with one attached hydrogen (secondary N) is 1. The lowest BCUT2D eigenvalue weighted by atomic mass is 9.94. The van der Waals surface area contributed by atoms with Crippen molar-refractivity contribution in [3.8, 4) is 0 Å². The van der Waals surface area contributed by atoms with E-state index in [-0.39, 0.29) is 11.8 Å². The fraction of sp³-hybridized carbons (Fsp3) is 0.700. The van der Waals surface area contributed by atoms with Gasteiger partial charge in [0.05, 0.1) is 0 Å². The number of hydrogen-bond acceptors (Lipinski definition) is 6. The van der Waals surface area contributed by atoms with Crippen molar-refractivity contribution >= 4 is 17.4 Å². The van der Waals surface area contributed by atoms with Crippen LogP contribution in [0.15, 0.2) is 18.5 Å². The molecule has 8 nitrogen and oxygen atoms in total. The van der Waals surface area contributed by atoms with Gasteiger partial charge in [0.2, 0.25) is 5.91 Å². The summed E-state index contributed by atoms with van der Waals surface area (Å²) in [6.45, 7) is 3.39. The molecule has 0 bridgehead atoms. The summed E-state index contributed by atoms with van der Waals surface area (Å²) in [5, 5.41) is 15.6. The molecule has 0 spiro atoms. The molecule has 1 amide bonds. The Morgan fingerprint density at radius 2 is 1.96 bits per heavy atom. The summed E-state index contributed by atoms with van der Waals surface area (Å²) in [5.41, 5.74) is 0.746. The first-order chi connectivity index (χ1) is 13.7. The van der Waals surface area contributed by atoms with E-state index in [9.17, 15) is 4.79 Å². The van der Waals surface area contributed by atoms with Gasteiger partial charge < -0.3 is 15.1 Å². The number of aromatic nitrogens is 4. The van der Waals surface area contributed by atoms with Gasteiger partial charge in [0.15, 0.2) is 5.65 Å². The standard InChI is InChI=1S/C20H31N7O/c1-25(17-5-3-2-4-6-17)14-11-21-20(28)16-9-12-26(13-10-16)19-8-7-18-23-22-15-27(18)24-19/h7-8,15-17H,2-6,9-14H2,1H3,(H,21,28). The van der Waals surface area contributed by atoms with E-state index < -0.39 is 0 Å². The van der Waals surface area contributed by atoms with Crippen molar-refractivity contribution in [3.63, 3.8) is 0 Å². The van der Waals surface area contributed by atoms with Crippen LogP contribution in [0, 0.1) is 5.92 Å². The molecule has 0 atom stereocenters. The number of carbonyl (C=O) groups excluding carboxylic acids is 1. The number of hydrogen-bond donors (Lipinski definition) is 1. The van der Waals surface area contributed by atoms with Crippen LogP contribution in [0.3, 0.4) is 0 Å². The third kappa shape index (κ3) is 4.43. The highest BCUT2D eigenvalue weighted by molar-refractivity contribution is 5.79. The normalized spacial score (nSPS) is 19.4. The number of nitrogens with zero attached hydrogens (tertiary/aromatic N) is 6. The first-order valence-electron chi connectivity index (χ1n) is 10.6. The molecular formula is C20H31N7O. The molecular weight excluding hydrogens is 354 g/mol. The smallest absolute Gasteiger partial charge is 0.223 e. The molecule has 4 rings (SSSR count). The van der Waals surface area contributed by atoms with Crippen molar-refractivity contribution in [3.05, 3.63) is 18.5 Å². The van der Waals surface area contributed by atoms with E-state index in [1.165, 1.54) is 32.1 Å². The van der Waals surface area contributed by atoms with Crippen molar-refractivity contribution in [2.24, 2.45) is 5.92 Å². The molecule has 2 aromatic rings. The zero-order valence-corrected chi connectivity index (χ0v) is 16.8. The van der Waals surface area contributed by atoms with Crippen molar-refractivity contribution in [1.29, 1.82) is 0 Å². The van der Waals surface area contributed by atoms with Crippen molar-refractivity contribution in [1.82, 2.24) is 30.0 Å². The number of anilines is 1. The third-order valence-electron chi connectivity index (χ3n) is 6.30. The highest BCUT2D eigenvalue weighted by Gasteiger charge is 2.26. The maximum Gasteiger partial charge on any atom is 0.223 e. The van der Waals surface area contributed by atoms with Gasteiger partial charge in [-0.2, -0.15) is 4.52 Å². The summed E-state index contributed by atoms with van der Waals surface area (Å²) < 4.78 is 1.69. The maximum absolute atomic E-state index is 12.6. The monoisotopic (exact) mass is 385 g/mol. The van der Waals surface area contributed by atoms with Gasteiger partial charge in [-0.1, -0.05) is 19.3 Å². The molecule has 2 fully saturated rings.